The zero-order chi connectivity index (χ0) is 5.91. The fourth-order valence-electron chi connectivity index (χ4n) is 0.0472. The summed E-state index contributed by atoms with van der Waals surface area (Å²) in [5, 5.41) is 0. The lowest BCUT2D eigenvalue weighted by atomic mass is 11.5. The van der Waals surface area contributed by atoms with Crippen molar-refractivity contribution in [1.29, 1.82) is 0 Å². The largest absolute Gasteiger partial charge is 0.421 e. The third-order valence-electron chi connectivity index (χ3n) is 0.157. The van der Waals surface area contributed by atoms with Crippen LogP contribution < -0.4 is 0 Å². The Balaban J connectivity index is 3.34. The molecule has 0 N–H and O–H groups in total. The van der Waals surface area contributed by atoms with Crippen molar-refractivity contribution in [2.75, 3.05) is 0 Å². The molecule has 0 fully saturated rings. The van der Waals surface area contributed by atoms with Crippen molar-refractivity contribution < 1.29 is 9.53 Å². The van der Waals surface area contributed by atoms with E-state index in [2.05, 4.69) is 4.74 Å². The minimum atomic E-state index is -0.463. The molecule has 0 aromatic heterocycles. The Morgan fingerprint density at radius 3 is 1.86 bits per heavy atom. The summed E-state index contributed by atoms with van der Waals surface area (Å²) >= 11 is 5.90. The second-order valence-corrected chi connectivity index (χ2v) is 11.4. The van der Waals surface area contributed by atoms with Crippen LogP contribution >= 0.6 is 67.8 Å². The van der Waals surface area contributed by atoms with E-state index in [9.17, 15) is 4.79 Å². The van der Waals surface area contributed by atoms with Crippen molar-refractivity contribution in [3.05, 3.63) is 0 Å². The van der Waals surface area contributed by atoms with E-state index in [0.29, 0.717) is 0 Å². The molecule has 0 heterocycles. The molecule has 0 aliphatic carbocycles. The van der Waals surface area contributed by atoms with Gasteiger partial charge in [-0.1, -0.05) is 0 Å². The number of halogens is 3. The van der Waals surface area contributed by atoms with E-state index >= 15 is 0 Å². The summed E-state index contributed by atoms with van der Waals surface area (Å²) in [6.07, 6.45) is 0. The molecule has 0 amide bonds. The Bertz CT molecular complexity index is 65.8. The molecule has 0 saturated heterocycles. The monoisotopic (exact) mass is 437 g/mol. The molecule has 0 bridgehead atoms. The summed E-state index contributed by atoms with van der Waals surface area (Å²) in [5.74, 6) is 0. The summed E-state index contributed by atoms with van der Waals surface area (Å²) < 4.78 is 3.92. The fraction of sp³-hybridized carbons (Fsp3) is 0.500. The van der Waals surface area contributed by atoms with Gasteiger partial charge in [-0.05, 0) is 67.8 Å². The van der Waals surface area contributed by atoms with Crippen LogP contribution in [-0.4, -0.2) is 6.09 Å². The maximum atomic E-state index is 9.46. The first kappa shape index (κ1) is 8.66. The summed E-state index contributed by atoms with van der Waals surface area (Å²) in [5.41, 5.74) is 0. The molecular formula is C2I3O2. The minimum absolute atomic E-state index is 0.463. The molecule has 0 unspecified atom stereocenters. The highest BCUT2D eigenvalue weighted by atomic mass is 127. The van der Waals surface area contributed by atoms with Gasteiger partial charge in [0, 0.05) is 0 Å². The molecule has 0 aromatic rings. The number of hydrogen-bond acceptors (Lipinski definition) is 2. The lowest BCUT2D eigenvalue weighted by molar-refractivity contribution is 0.325. The summed E-state index contributed by atoms with van der Waals surface area (Å²) in [7, 11) is 0. The molecule has 0 aromatic carbocycles. The fourth-order valence-corrected chi connectivity index (χ4v) is 0.317. The molecule has 0 atom stereocenters. The third-order valence-corrected chi connectivity index (χ3v) is 0.818. The Labute approximate surface area is 82.2 Å². The van der Waals surface area contributed by atoms with Crippen LogP contribution in [0.2, 0.25) is 0 Å². The molecule has 0 saturated carbocycles. The van der Waals surface area contributed by atoms with Crippen molar-refractivity contribution in [3.8, 4) is 0 Å². The minimum Gasteiger partial charge on any atom is -0.421 e. The first-order chi connectivity index (χ1) is 3.06. The lowest BCUT2D eigenvalue weighted by Crippen LogP contribution is -2.02. The van der Waals surface area contributed by atoms with Gasteiger partial charge in [0.1, 0.15) is 0 Å². The van der Waals surface area contributed by atoms with Crippen LogP contribution in [0.4, 0.5) is 0 Å². The van der Waals surface area contributed by atoms with Crippen molar-refractivity contribution in [2.24, 2.45) is 0 Å². The topological polar surface area (TPSA) is 26.3 Å². The Kier molecular flexibility index (Phi) is 4.50. The molecule has 0 aliphatic heterocycles. The van der Waals surface area contributed by atoms with E-state index in [1.807, 2.05) is 67.8 Å². The maximum Gasteiger partial charge on any atom is 0.420 e. The van der Waals surface area contributed by atoms with Crippen LogP contribution in [0.1, 0.15) is 0 Å². The van der Waals surface area contributed by atoms with Gasteiger partial charge in [0.2, 0.25) is 0 Å². The molecule has 7 heavy (non-hydrogen) atoms. The average Bonchev–Trinajstić information content (AvgIpc) is 1.30. The third kappa shape index (κ3) is 7.66. The highest BCUT2D eigenvalue weighted by molar-refractivity contribution is 14.3. The van der Waals surface area contributed by atoms with Crippen molar-refractivity contribution in [1.82, 2.24) is 0 Å². The first-order valence-electron chi connectivity index (χ1n) is 1.18. The predicted octanol–water partition coefficient (Wildman–Crippen LogP) is 1.99. The van der Waals surface area contributed by atoms with Gasteiger partial charge in [-0.3, -0.25) is 0 Å². The number of hydrogen-bond donors (Lipinski definition) is 0. The average molecular weight is 437 g/mol. The maximum absolute atomic E-state index is 9.46. The zero-order valence-corrected chi connectivity index (χ0v) is 9.42. The molecule has 41 valence electrons. The van der Waals surface area contributed by atoms with Gasteiger partial charge >= 0.3 is 6.47 Å². The SMILES string of the molecule is O=[C]OC(I)(I)I. The van der Waals surface area contributed by atoms with Crippen molar-refractivity contribution >= 4 is 74.2 Å². The van der Waals surface area contributed by atoms with Crippen molar-refractivity contribution in [2.45, 2.75) is -0.379 Å². The van der Waals surface area contributed by atoms with Crippen LogP contribution in [0.5, 0.6) is 0 Å². The van der Waals surface area contributed by atoms with Crippen LogP contribution in [0.3, 0.4) is 0 Å². The molecule has 1 radical (unpaired) electrons. The van der Waals surface area contributed by atoms with Crippen LogP contribution in [0.25, 0.3) is 0 Å². The summed E-state index contributed by atoms with van der Waals surface area (Å²) in [6.45, 7) is 1.34. The van der Waals surface area contributed by atoms with Gasteiger partial charge in [0.15, 0.2) is 0 Å². The molecular weight excluding hydrogens is 437 g/mol. The molecule has 5 heteroatoms. The lowest BCUT2D eigenvalue weighted by Gasteiger charge is -2.05. The number of carbonyl (C=O) groups excluding carboxylic acids is 1. The molecule has 0 aliphatic rings. The predicted molar refractivity (Wildman–Crippen MR) is 51.6 cm³/mol. The van der Waals surface area contributed by atoms with Gasteiger partial charge in [0.25, 0.3) is -0.379 Å². The van der Waals surface area contributed by atoms with E-state index < -0.39 is -0.379 Å². The zero-order valence-electron chi connectivity index (χ0n) is 2.95. The van der Waals surface area contributed by atoms with E-state index in [0.717, 1.165) is 0 Å². The Morgan fingerprint density at radius 2 is 1.86 bits per heavy atom. The second-order valence-electron chi connectivity index (χ2n) is 0.631. The van der Waals surface area contributed by atoms with Gasteiger partial charge in [-0.15, -0.1) is 0 Å². The first-order valence-corrected chi connectivity index (χ1v) is 4.42. The van der Waals surface area contributed by atoms with Crippen LogP contribution in [0.15, 0.2) is 0 Å². The van der Waals surface area contributed by atoms with Crippen molar-refractivity contribution in [3.63, 3.8) is 0 Å². The Hall–Kier alpha value is 1.66. The standard InChI is InChI=1S/C2I3O2/c3-2(4,5)7-1-6. The summed E-state index contributed by atoms with van der Waals surface area (Å²) in [4.78, 5) is 9.46. The Morgan fingerprint density at radius 1 is 1.43 bits per heavy atom. The van der Waals surface area contributed by atoms with E-state index in [4.69, 9.17) is 0 Å². The second kappa shape index (κ2) is 3.64. The molecule has 2 nitrogen and oxygen atoms in total. The van der Waals surface area contributed by atoms with Crippen LogP contribution in [-0.2, 0) is 9.53 Å². The molecule has 0 rings (SSSR count). The smallest absolute Gasteiger partial charge is 0.420 e. The highest BCUT2D eigenvalue weighted by Crippen LogP contribution is 2.35. The van der Waals surface area contributed by atoms with Gasteiger partial charge < -0.3 is 4.74 Å². The summed E-state index contributed by atoms with van der Waals surface area (Å²) in [6, 6.07) is 0. The van der Waals surface area contributed by atoms with E-state index in [-0.39, 0.29) is 0 Å². The van der Waals surface area contributed by atoms with E-state index in [1.54, 1.807) is 0 Å². The van der Waals surface area contributed by atoms with E-state index in [1.165, 1.54) is 6.47 Å². The molecule has 0 spiro atoms. The number of ether oxygens (including phenoxy) is 1. The van der Waals surface area contributed by atoms with Gasteiger partial charge in [-0.25, -0.2) is 4.79 Å². The number of rotatable bonds is 2. The quantitative estimate of drug-likeness (QED) is 0.489. The van der Waals surface area contributed by atoms with Gasteiger partial charge in [0.05, 0.1) is 0 Å². The number of alkyl halides is 3. The van der Waals surface area contributed by atoms with Gasteiger partial charge in [-0.2, -0.15) is 0 Å². The highest BCUT2D eigenvalue weighted by Gasteiger charge is 2.16. The van der Waals surface area contributed by atoms with Crippen LogP contribution in [0, 0.1) is 0 Å². The normalized spacial score (nSPS) is 10.7.